The molecule has 0 fully saturated rings. The summed E-state index contributed by atoms with van der Waals surface area (Å²) < 4.78 is 13.9. The summed E-state index contributed by atoms with van der Waals surface area (Å²) >= 11 is 1.64. The van der Waals surface area contributed by atoms with Crippen molar-refractivity contribution in [2.75, 3.05) is 0 Å². The molecule has 0 saturated carbocycles. The summed E-state index contributed by atoms with van der Waals surface area (Å²) in [5.41, 5.74) is 8.25. The number of rotatable bonds is 2. The van der Waals surface area contributed by atoms with E-state index in [0.717, 1.165) is 5.56 Å². The van der Waals surface area contributed by atoms with Crippen LogP contribution in [0.4, 0.5) is 4.39 Å². The average molecular weight is 235 g/mol. The molecule has 1 heterocycles. The Kier molecular flexibility index (Phi) is 3.08. The van der Waals surface area contributed by atoms with E-state index in [2.05, 4.69) is 0 Å². The van der Waals surface area contributed by atoms with Crippen molar-refractivity contribution < 1.29 is 4.39 Å². The maximum atomic E-state index is 13.9. The van der Waals surface area contributed by atoms with Gasteiger partial charge in [-0.15, -0.1) is 11.3 Å². The molecule has 1 atom stereocenters. The first-order valence-electron chi connectivity index (χ1n) is 5.15. The van der Waals surface area contributed by atoms with Gasteiger partial charge < -0.3 is 5.73 Å². The Morgan fingerprint density at radius 3 is 2.69 bits per heavy atom. The van der Waals surface area contributed by atoms with Gasteiger partial charge in [0.05, 0.1) is 6.04 Å². The number of benzene rings is 1. The number of hydrogen-bond acceptors (Lipinski definition) is 2. The third-order valence-electron chi connectivity index (χ3n) is 2.67. The summed E-state index contributed by atoms with van der Waals surface area (Å²) in [7, 11) is 0. The van der Waals surface area contributed by atoms with E-state index in [1.165, 1.54) is 4.88 Å². The largest absolute Gasteiger partial charge is 0.320 e. The van der Waals surface area contributed by atoms with Gasteiger partial charge in [0.25, 0.3) is 0 Å². The molecule has 0 aliphatic heterocycles. The summed E-state index contributed by atoms with van der Waals surface area (Å²) in [5.74, 6) is -0.196. The number of nitrogens with two attached hydrogens (primary N) is 1. The quantitative estimate of drug-likeness (QED) is 0.846. The van der Waals surface area contributed by atoms with Crippen molar-refractivity contribution in [3.63, 3.8) is 0 Å². The summed E-state index contributed by atoms with van der Waals surface area (Å²) in [6.07, 6.45) is 0. The molecule has 0 radical (unpaired) electrons. The van der Waals surface area contributed by atoms with Crippen molar-refractivity contribution in [1.29, 1.82) is 0 Å². The Hall–Kier alpha value is -1.19. The number of halogens is 1. The van der Waals surface area contributed by atoms with Gasteiger partial charge in [-0.1, -0.05) is 18.2 Å². The molecule has 1 unspecified atom stereocenters. The van der Waals surface area contributed by atoms with Crippen LogP contribution >= 0.6 is 11.3 Å². The van der Waals surface area contributed by atoms with Crippen molar-refractivity contribution in [3.05, 3.63) is 57.0 Å². The van der Waals surface area contributed by atoms with Crippen LogP contribution in [-0.2, 0) is 0 Å². The number of thiophene rings is 1. The number of aryl methyl sites for hydroxylation is 2. The fourth-order valence-corrected chi connectivity index (χ4v) is 2.46. The van der Waals surface area contributed by atoms with Crippen molar-refractivity contribution in [1.82, 2.24) is 0 Å². The topological polar surface area (TPSA) is 26.0 Å². The Labute approximate surface area is 98.7 Å². The van der Waals surface area contributed by atoms with Crippen molar-refractivity contribution in [3.8, 4) is 0 Å². The van der Waals surface area contributed by atoms with E-state index in [-0.39, 0.29) is 11.9 Å². The van der Waals surface area contributed by atoms with Gasteiger partial charge in [-0.2, -0.15) is 0 Å². The lowest BCUT2D eigenvalue weighted by atomic mass is 9.99. The molecule has 0 bridgehead atoms. The van der Waals surface area contributed by atoms with Gasteiger partial charge in [-0.3, -0.25) is 0 Å². The van der Waals surface area contributed by atoms with Crippen LogP contribution in [0.25, 0.3) is 0 Å². The molecular weight excluding hydrogens is 221 g/mol. The number of hydrogen-bond donors (Lipinski definition) is 1. The molecule has 1 nitrogen and oxygen atoms in total. The highest BCUT2D eigenvalue weighted by atomic mass is 32.1. The maximum Gasteiger partial charge on any atom is 0.131 e. The minimum atomic E-state index is -0.371. The van der Waals surface area contributed by atoms with Crippen LogP contribution in [-0.4, -0.2) is 0 Å². The Balaban J connectivity index is 2.41. The minimum Gasteiger partial charge on any atom is -0.320 e. The Morgan fingerprint density at radius 1 is 1.31 bits per heavy atom. The highest BCUT2D eigenvalue weighted by Gasteiger charge is 2.15. The average Bonchev–Trinajstić information content (AvgIpc) is 2.68. The van der Waals surface area contributed by atoms with Gasteiger partial charge in [0.15, 0.2) is 0 Å². The van der Waals surface area contributed by atoms with Crippen molar-refractivity contribution in [2.24, 2.45) is 5.73 Å². The fourth-order valence-electron chi connectivity index (χ4n) is 1.72. The van der Waals surface area contributed by atoms with Crippen LogP contribution in [0.3, 0.4) is 0 Å². The van der Waals surface area contributed by atoms with Crippen LogP contribution < -0.4 is 5.73 Å². The fraction of sp³-hybridized carbons (Fsp3) is 0.231. The molecule has 3 heteroatoms. The van der Waals surface area contributed by atoms with Crippen molar-refractivity contribution in [2.45, 2.75) is 19.9 Å². The van der Waals surface area contributed by atoms with Gasteiger partial charge in [-0.25, -0.2) is 4.39 Å². The van der Waals surface area contributed by atoms with Gasteiger partial charge in [0, 0.05) is 10.4 Å². The molecule has 2 aromatic rings. The van der Waals surface area contributed by atoms with Crippen molar-refractivity contribution >= 4 is 11.3 Å². The molecule has 1 aromatic carbocycles. The van der Waals surface area contributed by atoms with Crippen LogP contribution in [0.5, 0.6) is 0 Å². The Bertz CT molecular complexity index is 504. The van der Waals surface area contributed by atoms with E-state index >= 15 is 0 Å². The highest BCUT2D eigenvalue weighted by Crippen LogP contribution is 2.26. The van der Waals surface area contributed by atoms with E-state index in [1.807, 2.05) is 24.4 Å². The molecular formula is C13H14FNS. The SMILES string of the molecule is Cc1cc(C(N)c2cccc(C)c2F)cs1. The summed E-state index contributed by atoms with van der Waals surface area (Å²) in [6.45, 7) is 3.78. The maximum absolute atomic E-state index is 13.9. The molecule has 0 aliphatic rings. The predicted molar refractivity (Wildman–Crippen MR) is 66.2 cm³/mol. The smallest absolute Gasteiger partial charge is 0.131 e. The van der Waals surface area contributed by atoms with Gasteiger partial charge in [0.2, 0.25) is 0 Å². The second-order valence-corrected chi connectivity index (χ2v) is 5.06. The van der Waals surface area contributed by atoms with E-state index < -0.39 is 0 Å². The van der Waals surface area contributed by atoms with Crippen LogP contribution in [0.15, 0.2) is 29.6 Å². The van der Waals surface area contributed by atoms with Gasteiger partial charge in [0.1, 0.15) is 5.82 Å². The summed E-state index contributed by atoms with van der Waals surface area (Å²) in [6, 6.07) is 6.99. The third-order valence-corrected chi connectivity index (χ3v) is 3.55. The molecule has 0 spiro atoms. The molecule has 0 amide bonds. The zero-order chi connectivity index (χ0) is 11.7. The monoisotopic (exact) mass is 235 g/mol. The van der Waals surface area contributed by atoms with Crippen LogP contribution in [0, 0.1) is 19.7 Å². The summed E-state index contributed by atoms with van der Waals surface area (Å²) in [4.78, 5) is 1.19. The first-order valence-corrected chi connectivity index (χ1v) is 6.03. The first kappa shape index (κ1) is 11.3. The second-order valence-electron chi connectivity index (χ2n) is 3.95. The van der Waals surface area contributed by atoms with Crippen LogP contribution in [0.1, 0.15) is 27.6 Å². The van der Waals surface area contributed by atoms with Gasteiger partial charge in [-0.05, 0) is 36.4 Å². The normalized spacial score (nSPS) is 12.8. The lowest BCUT2D eigenvalue weighted by Crippen LogP contribution is -2.13. The molecule has 16 heavy (non-hydrogen) atoms. The third kappa shape index (κ3) is 2.01. The van der Waals surface area contributed by atoms with E-state index in [4.69, 9.17) is 5.73 Å². The second kappa shape index (κ2) is 4.36. The molecule has 84 valence electrons. The standard InChI is InChI=1S/C13H14FNS/c1-8-4-3-5-11(12(8)14)13(15)10-6-9(2)16-7-10/h3-7,13H,15H2,1-2H3. The van der Waals surface area contributed by atoms with E-state index in [9.17, 15) is 4.39 Å². The summed E-state index contributed by atoms with van der Waals surface area (Å²) in [5, 5.41) is 1.99. The minimum absolute atomic E-state index is 0.196. The Morgan fingerprint density at radius 2 is 2.06 bits per heavy atom. The lowest BCUT2D eigenvalue weighted by molar-refractivity contribution is 0.591. The lowest BCUT2D eigenvalue weighted by Gasteiger charge is -2.12. The molecule has 1 aromatic heterocycles. The van der Waals surface area contributed by atoms with E-state index in [1.54, 1.807) is 30.4 Å². The van der Waals surface area contributed by atoms with Gasteiger partial charge >= 0.3 is 0 Å². The molecule has 0 aliphatic carbocycles. The molecule has 0 saturated heterocycles. The zero-order valence-corrected chi connectivity index (χ0v) is 10.1. The predicted octanol–water partition coefficient (Wildman–Crippen LogP) is 3.55. The molecule has 2 rings (SSSR count). The highest BCUT2D eigenvalue weighted by molar-refractivity contribution is 7.10. The van der Waals surface area contributed by atoms with E-state index in [0.29, 0.717) is 11.1 Å². The molecule has 2 N–H and O–H groups in total. The first-order chi connectivity index (χ1) is 7.59. The van der Waals surface area contributed by atoms with Crippen LogP contribution in [0.2, 0.25) is 0 Å². The zero-order valence-electron chi connectivity index (χ0n) is 9.33.